The SMILES string of the molecule is O=C(N[C@H](Cc1ccccn1)[C@H](O)CO)c1cccc(F)c1-c1[nH]nc(-c2ccc(F)cc2)c1F. The van der Waals surface area contributed by atoms with Crippen LogP contribution in [-0.4, -0.2) is 50.1 Å². The molecule has 0 aliphatic heterocycles. The minimum Gasteiger partial charge on any atom is -0.394 e. The van der Waals surface area contributed by atoms with E-state index in [1.807, 2.05) is 0 Å². The molecular weight excluding hydrogens is 461 g/mol. The first-order chi connectivity index (χ1) is 16.9. The van der Waals surface area contributed by atoms with Gasteiger partial charge in [0.15, 0.2) is 5.82 Å². The van der Waals surface area contributed by atoms with Crippen LogP contribution < -0.4 is 5.32 Å². The van der Waals surface area contributed by atoms with Gasteiger partial charge in [-0.25, -0.2) is 13.2 Å². The number of rotatable bonds is 8. The van der Waals surface area contributed by atoms with E-state index in [1.165, 1.54) is 24.3 Å². The monoisotopic (exact) mass is 482 g/mol. The predicted octanol–water partition coefficient (Wildman–Crippen LogP) is 3.25. The average molecular weight is 482 g/mol. The minimum absolute atomic E-state index is 0.0894. The third kappa shape index (κ3) is 5.23. The van der Waals surface area contributed by atoms with Crippen LogP contribution in [0.2, 0.25) is 0 Å². The highest BCUT2D eigenvalue weighted by Gasteiger charge is 2.27. The lowest BCUT2D eigenvalue weighted by Crippen LogP contribution is -2.46. The van der Waals surface area contributed by atoms with Crippen molar-refractivity contribution in [2.24, 2.45) is 0 Å². The molecule has 0 bridgehead atoms. The molecule has 0 aliphatic carbocycles. The van der Waals surface area contributed by atoms with Crippen LogP contribution in [0.15, 0.2) is 66.9 Å². The molecule has 2 heterocycles. The number of aromatic amines is 1. The summed E-state index contributed by atoms with van der Waals surface area (Å²) in [7, 11) is 0. The number of aliphatic hydroxyl groups excluding tert-OH is 2. The van der Waals surface area contributed by atoms with Crippen LogP contribution in [0.25, 0.3) is 22.5 Å². The molecule has 0 fully saturated rings. The molecule has 2 atom stereocenters. The fourth-order valence-electron chi connectivity index (χ4n) is 3.66. The van der Waals surface area contributed by atoms with Gasteiger partial charge in [0.25, 0.3) is 5.91 Å². The Labute approximate surface area is 198 Å². The molecular formula is C25H21F3N4O3. The summed E-state index contributed by atoms with van der Waals surface area (Å²) in [5.41, 5.74) is -0.300. The number of nitrogens with one attached hydrogen (secondary N) is 2. The van der Waals surface area contributed by atoms with Crippen LogP contribution in [0, 0.1) is 17.5 Å². The van der Waals surface area contributed by atoms with Crippen LogP contribution in [0.5, 0.6) is 0 Å². The second-order valence-electron chi connectivity index (χ2n) is 7.79. The van der Waals surface area contributed by atoms with Crippen molar-refractivity contribution in [3.63, 3.8) is 0 Å². The Hall–Kier alpha value is -4.02. The van der Waals surface area contributed by atoms with Crippen molar-refractivity contribution in [3.05, 3.63) is 95.6 Å². The molecule has 2 aromatic heterocycles. The van der Waals surface area contributed by atoms with E-state index >= 15 is 4.39 Å². The number of hydrogen-bond acceptors (Lipinski definition) is 5. The van der Waals surface area contributed by atoms with Gasteiger partial charge in [-0.15, -0.1) is 0 Å². The van der Waals surface area contributed by atoms with Crippen LogP contribution >= 0.6 is 0 Å². The molecule has 0 aliphatic rings. The Balaban J connectivity index is 1.68. The number of hydrogen-bond donors (Lipinski definition) is 4. The molecule has 0 saturated carbocycles. The van der Waals surface area contributed by atoms with Gasteiger partial charge in [-0.1, -0.05) is 12.1 Å². The quantitative estimate of drug-likeness (QED) is 0.308. The number of carbonyl (C=O) groups is 1. The normalized spacial score (nSPS) is 12.8. The smallest absolute Gasteiger partial charge is 0.252 e. The number of aliphatic hydroxyl groups is 2. The minimum atomic E-state index is -1.33. The van der Waals surface area contributed by atoms with Crippen molar-refractivity contribution in [2.75, 3.05) is 6.61 Å². The first-order valence-electron chi connectivity index (χ1n) is 10.7. The predicted molar refractivity (Wildman–Crippen MR) is 122 cm³/mol. The Kier molecular flexibility index (Phi) is 7.23. The average Bonchev–Trinajstić information content (AvgIpc) is 3.24. The Morgan fingerprint density at radius 3 is 2.49 bits per heavy atom. The standard InChI is InChI=1S/C25H21F3N4O3/c26-15-9-7-14(8-10-15)23-22(28)24(32-31-23)21-17(5-3-6-18(21)27)25(35)30-19(20(34)13-33)12-16-4-1-2-11-29-16/h1-11,19-20,33-34H,12-13H2,(H,30,35)(H,31,32)/t19-,20-/m1/s1. The van der Waals surface area contributed by atoms with Gasteiger partial charge in [-0.3, -0.25) is 14.9 Å². The summed E-state index contributed by atoms with van der Waals surface area (Å²) in [4.78, 5) is 17.3. The molecule has 35 heavy (non-hydrogen) atoms. The number of nitrogens with zero attached hydrogens (tertiary/aromatic N) is 2. The zero-order valence-corrected chi connectivity index (χ0v) is 18.3. The number of carbonyl (C=O) groups excluding carboxylic acids is 1. The summed E-state index contributed by atoms with van der Waals surface area (Å²) in [5.74, 6) is -3.11. The largest absolute Gasteiger partial charge is 0.394 e. The van der Waals surface area contributed by atoms with E-state index in [2.05, 4.69) is 20.5 Å². The van der Waals surface area contributed by atoms with E-state index in [0.29, 0.717) is 5.69 Å². The summed E-state index contributed by atoms with van der Waals surface area (Å²) in [6, 6.07) is 12.8. The molecule has 4 rings (SSSR count). The third-order valence-electron chi connectivity index (χ3n) is 5.46. The van der Waals surface area contributed by atoms with Gasteiger partial charge in [0.2, 0.25) is 0 Å². The van der Waals surface area contributed by atoms with Crippen molar-refractivity contribution in [3.8, 4) is 22.5 Å². The molecule has 180 valence electrons. The molecule has 7 nitrogen and oxygen atoms in total. The van der Waals surface area contributed by atoms with Crippen molar-refractivity contribution in [2.45, 2.75) is 18.6 Å². The second kappa shape index (κ2) is 10.5. The van der Waals surface area contributed by atoms with E-state index in [4.69, 9.17) is 0 Å². The van der Waals surface area contributed by atoms with Crippen LogP contribution in [0.4, 0.5) is 13.2 Å². The molecule has 0 radical (unpaired) electrons. The zero-order chi connectivity index (χ0) is 24.9. The van der Waals surface area contributed by atoms with Gasteiger partial charge in [0, 0.05) is 23.9 Å². The van der Waals surface area contributed by atoms with Crippen LogP contribution in [-0.2, 0) is 6.42 Å². The molecule has 4 N–H and O–H groups in total. The second-order valence-corrected chi connectivity index (χ2v) is 7.79. The van der Waals surface area contributed by atoms with E-state index in [-0.39, 0.29) is 34.5 Å². The molecule has 2 aromatic carbocycles. The van der Waals surface area contributed by atoms with Crippen molar-refractivity contribution in [1.82, 2.24) is 20.5 Å². The molecule has 0 spiro atoms. The summed E-state index contributed by atoms with van der Waals surface area (Å²) in [6.45, 7) is -0.635. The topological polar surface area (TPSA) is 111 Å². The summed E-state index contributed by atoms with van der Waals surface area (Å²) in [5, 5.41) is 28.6. The first kappa shape index (κ1) is 24.1. The number of halogens is 3. The highest BCUT2D eigenvalue weighted by Crippen LogP contribution is 2.32. The van der Waals surface area contributed by atoms with Crippen molar-refractivity contribution in [1.29, 1.82) is 0 Å². The van der Waals surface area contributed by atoms with E-state index < -0.39 is 42.1 Å². The lowest BCUT2D eigenvalue weighted by atomic mass is 9.99. The maximum atomic E-state index is 15.3. The highest BCUT2D eigenvalue weighted by molar-refractivity contribution is 6.01. The molecule has 0 unspecified atom stereocenters. The van der Waals surface area contributed by atoms with E-state index in [1.54, 1.807) is 24.4 Å². The van der Waals surface area contributed by atoms with Gasteiger partial charge in [-0.05, 0) is 48.5 Å². The number of amides is 1. The van der Waals surface area contributed by atoms with Crippen LogP contribution in [0.1, 0.15) is 16.1 Å². The lowest BCUT2D eigenvalue weighted by Gasteiger charge is -2.23. The number of benzene rings is 2. The van der Waals surface area contributed by atoms with Crippen molar-refractivity contribution >= 4 is 5.91 Å². The Bertz CT molecular complexity index is 1310. The van der Waals surface area contributed by atoms with Gasteiger partial charge in [0.1, 0.15) is 23.0 Å². The van der Waals surface area contributed by atoms with Gasteiger partial charge >= 0.3 is 0 Å². The van der Waals surface area contributed by atoms with Crippen LogP contribution in [0.3, 0.4) is 0 Å². The maximum absolute atomic E-state index is 15.3. The number of pyridine rings is 1. The van der Waals surface area contributed by atoms with Gasteiger partial charge in [-0.2, -0.15) is 5.10 Å². The Morgan fingerprint density at radius 1 is 1.03 bits per heavy atom. The zero-order valence-electron chi connectivity index (χ0n) is 18.3. The molecule has 10 heteroatoms. The van der Waals surface area contributed by atoms with Crippen molar-refractivity contribution < 1.29 is 28.2 Å². The first-order valence-corrected chi connectivity index (χ1v) is 10.7. The highest BCUT2D eigenvalue weighted by atomic mass is 19.1. The molecule has 1 amide bonds. The summed E-state index contributed by atoms with van der Waals surface area (Å²) < 4.78 is 43.4. The molecule has 0 saturated heterocycles. The third-order valence-corrected chi connectivity index (χ3v) is 5.46. The van der Waals surface area contributed by atoms with E-state index in [0.717, 1.165) is 18.2 Å². The number of H-pyrrole nitrogens is 1. The fourth-order valence-corrected chi connectivity index (χ4v) is 3.66. The summed E-state index contributed by atoms with van der Waals surface area (Å²) >= 11 is 0. The fraction of sp³-hybridized carbons (Fsp3) is 0.160. The maximum Gasteiger partial charge on any atom is 0.252 e. The molecule has 4 aromatic rings. The lowest BCUT2D eigenvalue weighted by molar-refractivity contribution is 0.0565. The van der Waals surface area contributed by atoms with Gasteiger partial charge in [0.05, 0.1) is 29.9 Å². The van der Waals surface area contributed by atoms with E-state index in [9.17, 15) is 23.8 Å². The summed E-state index contributed by atoms with van der Waals surface area (Å²) in [6.07, 6.45) is 0.308. The Morgan fingerprint density at radius 2 is 1.80 bits per heavy atom. The van der Waals surface area contributed by atoms with Gasteiger partial charge < -0.3 is 15.5 Å². The number of aromatic nitrogens is 3.